The first-order chi connectivity index (χ1) is 10.1. The van der Waals surface area contributed by atoms with Crippen molar-refractivity contribution in [2.75, 3.05) is 0 Å². The van der Waals surface area contributed by atoms with Gasteiger partial charge in [0.1, 0.15) is 5.78 Å². The lowest BCUT2D eigenvalue weighted by Crippen LogP contribution is -2.59. The predicted octanol–water partition coefficient (Wildman–Crippen LogP) is 4.68. The molecule has 0 radical (unpaired) electrons. The SMILES string of the molecule is C=C/C(C)=C\CC1[C@](C)(O)CC[C@H]2C(C)(C)C(=O)CC[C@]12C. The van der Waals surface area contributed by atoms with Crippen LogP contribution in [0.3, 0.4) is 0 Å². The van der Waals surface area contributed by atoms with Gasteiger partial charge in [-0.25, -0.2) is 0 Å². The zero-order chi connectivity index (χ0) is 16.8. The lowest BCUT2D eigenvalue weighted by atomic mass is 9.45. The molecule has 2 fully saturated rings. The van der Waals surface area contributed by atoms with Gasteiger partial charge in [-0.1, -0.05) is 45.1 Å². The molecule has 2 rings (SSSR count). The molecule has 2 heteroatoms. The minimum Gasteiger partial charge on any atom is -0.390 e. The van der Waals surface area contributed by atoms with Crippen LogP contribution in [0.25, 0.3) is 0 Å². The number of hydrogen-bond donors (Lipinski definition) is 1. The van der Waals surface area contributed by atoms with Gasteiger partial charge in [-0.2, -0.15) is 0 Å². The molecule has 0 heterocycles. The molecule has 2 aliphatic rings. The Bertz CT molecular complexity index is 498. The molecule has 2 saturated carbocycles. The van der Waals surface area contributed by atoms with Crippen LogP contribution < -0.4 is 0 Å². The van der Waals surface area contributed by atoms with E-state index in [-0.39, 0.29) is 16.7 Å². The van der Waals surface area contributed by atoms with E-state index < -0.39 is 5.60 Å². The second kappa shape index (κ2) is 5.63. The van der Waals surface area contributed by atoms with Crippen LogP contribution in [0.4, 0.5) is 0 Å². The number of carbonyl (C=O) groups is 1. The first-order valence-corrected chi connectivity index (χ1v) is 8.60. The number of allylic oxidation sites excluding steroid dienone is 3. The van der Waals surface area contributed by atoms with Crippen LogP contribution in [0.1, 0.15) is 66.7 Å². The number of Topliss-reactive ketones (excluding diaryl/α,β-unsaturated/α-hetero) is 1. The fourth-order valence-electron chi connectivity index (χ4n) is 5.24. The van der Waals surface area contributed by atoms with E-state index in [0.717, 1.165) is 31.3 Å². The summed E-state index contributed by atoms with van der Waals surface area (Å²) in [7, 11) is 0. The van der Waals surface area contributed by atoms with Gasteiger partial charge in [-0.3, -0.25) is 4.79 Å². The fraction of sp³-hybridized carbons (Fsp3) is 0.750. The van der Waals surface area contributed by atoms with E-state index in [2.05, 4.69) is 40.3 Å². The van der Waals surface area contributed by atoms with Gasteiger partial charge in [0.25, 0.3) is 0 Å². The van der Waals surface area contributed by atoms with E-state index in [9.17, 15) is 9.90 Å². The van der Waals surface area contributed by atoms with Crippen molar-refractivity contribution in [1.82, 2.24) is 0 Å². The maximum absolute atomic E-state index is 12.4. The van der Waals surface area contributed by atoms with Crippen LogP contribution >= 0.6 is 0 Å². The van der Waals surface area contributed by atoms with E-state index in [0.29, 0.717) is 18.1 Å². The molecule has 0 spiro atoms. The molecule has 0 bridgehead atoms. The van der Waals surface area contributed by atoms with Gasteiger partial charge in [0, 0.05) is 11.8 Å². The van der Waals surface area contributed by atoms with E-state index in [1.807, 2.05) is 13.0 Å². The summed E-state index contributed by atoms with van der Waals surface area (Å²) in [5.74, 6) is 0.956. The number of rotatable bonds is 3. The summed E-state index contributed by atoms with van der Waals surface area (Å²) >= 11 is 0. The lowest BCUT2D eigenvalue weighted by molar-refractivity contribution is -0.175. The number of hydrogen-bond acceptors (Lipinski definition) is 2. The minimum absolute atomic E-state index is 0.0249. The molecular weight excluding hydrogens is 272 g/mol. The molecule has 1 N–H and O–H groups in total. The Labute approximate surface area is 135 Å². The maximum atomic E-state index is 12.4. The summed E-state index contributed by atoms with van der Waals surface area (Å²) in [6.45, 7) is 14.4. The van der Waals surface area contributed by atoms with E-state index in [1.54, 1.807) is 0 Å². The Morgan fingerprint density at radius 1 is 1.32 bits per heavy atom. The number of carbonyl (C=O) groups excluding carboxylic acids is 1. The summed E-state index contributed by atoms with van der Waals surface area (Å²) in [6, 6.07) is 0. The van der Waals surface area contributed by atoms with Crippen LogP contribution in [-0.2, 0) is 4.79 Å². The Kier molecular flexibility index (Phi) is 4.47. The highest BCUT2D eigenvalue weighted by atomic mass is 16.3. The molecule has 0 aromatic heterocycles. The molecule has 0 saturated heterocycles. The molecule has 2 aliphatic carbocycles. The highest BCUT2D eigenvalue weighted by Crippen LogP contribution is 2.61. The maximum Gasteiger partial charge on any atom is 0.138 e. The molecule has 0 amide bonds. The Morgan fingerprint density at radius 3 is 2.55 bits per heavy atom. The molecule has 2 nitrogen and oxygen atoms in total. The number of fused-ring (bicyclic) bond motifs is 1. The first kappa shape index (κ1) is 17.5. The van der Waals surface area contributed by atoms with Crippen LogP contribution in [0, 0.1) is 22.7 Å². The Balaban J connectivity index is 2.40. The van der Waals surface area contributed by atoms with Crippen molar-refractivity contribution >= 4 is 5.78 Å². The summed E-state index contributed by atoms with van der Waals surface area (Å²) in [5, 5.41) is 11.0. The highest BCUT2D eigenvalue weighted by Gasteiger charge is 2.59. The average molecular weight is 304 g/mol. The molecule has 0 aliphatic heterocycles. The van der Waals surface area contributed by atoms with Crippen molar-refractivity contribution in [3.05, 3.63) is 24.3 Å². The third-order valence-corrected chi connectivity index (χ3v) is 6.76. The summed E-state index contributed by atoms with van der Waals surface area (Å²) in [6.07, 6.45) is 8.22. The van der Waals surface area contributed by atoms with Gasteiger partial charge in [0.2, 0.25) is 0 Å². The smallest absolute Gasteiger partial charge is 0.138 e. The molecule has 1 unspecified atom stereocenters. The molecule has 0 aromatic carbocycles. The monoisotopic (exact) mass is 304 g/mol. The largest absolute Gasteiger partial charge is 0.390 e. The zero-order valence-corrected chi connectivity index (χ0v) is 14.9. The fourth-order valence-corrected chi connectivity index (χ4v) is 5.24. The third-order valence-electron chi connectivity index (χ3n) is 6.76. The topological polar surface area (TPSA) is 37.3 Å². The van der Waals surface area contributed by atoms with Gasteiger partial charge in [-0.15, -0.1) is 0 Å². The van der Waals surface area contributed by atoms with Gasteiger partial charge < -0.3 is 5.11 Å². The Hall–Kier alpha value is -0.890. The first-order valence-electron chi connectivity index (χ1n) is 8.60. The lowest BCUT2D eigenvalue weighted by Gasteiger charge is -2.60. The normalized spacial score (nSPS) is 41.9. The minimum atomic E-state index is -0.653. The average Bonchev–Trinajstić information content (AvgIpc) is 2.41. The van der Waals surface area contributed by atoms with Crippen LogP contribution in [0.5, 0.6) is 0 Å². The molecule has 124 valence electrons. The third kappa shape index (κ3) is 2.71. The quantitative estimate of drug-likeness (QED) is 0.769. The Morgan fingerprint density at radius 2 is 1.95 bits per heavy atom. The summed E-state index contributed by atoms with van der Waals surface area (Å²) < 4.78 is 0. The standard InChI is InChI=1S/C20H32O2/c1-7-14(2)8-9-16-19(5)12-11-17(21)18(3,4)15(19)10-13-20(16,6)22/h7-8,15-16,22H,1,9-13H2,2-6H3/b14-8-/t15-,16?,19-,20+/m0/s1. The van der Waals surface area contributed by atoms with Crippen LogP contribution in [-0.4, -0.2) is 16.5 Å². The van der Waals surface area contributed by atoms with Crippen molar-refractivity contribution in [3.63, 3.8) is 0 Å². The van der Waals surface area contributed by atoms with Gasteiger partial charge in [0.15, 0.2) is 0 Å². The van der Waals surface area contributed by atoms with Gasteiger partial charge in [0.05, 0.1) is 5.60 Å². The molecular formula is C20H32O2. The second-order valence-corrected chi connectivity index (χ2v) is 8.54. The molecule has 22 heavy (non-hydrogen) atoms. The second-order valence-electron chi connectivity index (χ2n) is 8.54. The van der Waals surface area contributed by atoms with Crippen molar-refractivity contribution in [3.8, 4) is 0 Å². The van der Waals surface area contributed by atoms with E-state index in [4.69, 9.17) is 0 Å². The van der Waals surface area contributed by atoms with Crippen molar-refractivity contribution in [1.29, 1.82) is 0 Å². The highest BCUT2D eigenvalue weighted by molar-refractivity contribution is 5.85. The number of ketones is 1. The van der Waals surface area contributed by atoms with Crippen molar-refractivity contribution in [2.24, 2.45) is 22.7 Å². The van der Waals surface area contributed by atoms with Gasteiger partial charge >= 0.3 is 0 Å². The van der Waals surface area contributed by atoms with Crippen molar-refractivity contribution in [2.45, 2.75) is 72.3 Å². The summed E-state index contributed by atoms with van der Waals surface area (Å²) in [4.78, 5) is 12.4. The van der Waals surface area contributed by atoms with Gasteiger partial charge in [-0.05, 0) is 56.8 Å². The van der Waals surface area contributed by atoms with E-state index >= 15 is 0 Å². The van der Waals surface area contributed by atoms with Crippen molar-refractivity contribution < 1.29 is 9.90 Å². The number of aliphatic hydroxyl groups is 1. The zero-order valence-electron chi connectivity index (χ0n) is 14.9. The van der Waals surface area contributed by atoms with Crippen LogP contribution in [0.2, 0.25) is 0 Å². The van der Waals surface area contributed by atoms with Crippen LogP contribution in [0.15, 0.2) is 24.3 Å². The van der Waals surface area contributed by atoms with E-state index in [1.165, 1.54) is 0 Å². The molecule has 4 atom stereocenters. The summed E-state index contributed by atoms with van der Waals surface area (Å²) in [5.41, 5.74) is 0.267. The predicted molar refractivity (Wildman–Crippen MR) is 91.5 cm³/mol. The molecule has 0 aromatic rings.